The summed E-state index contributed by atoms with van der Waals surface area (Å²) in [5, 5.41) is 8.74. The molecule has 0 aliphatic heterocycles. The van der Waals surface area contributed by atoms with E-state index in [1.165, 1.54) is 5.69 Å². The zero-order valence-electron chi connectivity index (χ0n) is 12.1. The van der Waals surface area contributed by atoms with Gasteiger partial charge in [-0.3, -0.25) is 4.68 Å². The van der Waals surface area contributed by atoms with Gasteiger partial charge in [0.25, 0.3) is 0 Å². The van der Waals surface area contributed by atoms with Gasteiger partial charge in [-0.1, -0.05) is 18.2 Å². The highest BCUT2D eigenvalue weighted by molar-refractivity contribution is 5.30. The molecule has 0 aliphatic rings. The maximum Gasteiger partial charge on any atom is 0.0796 e. The molecule has 5 nitrogen and oxygen atoms in total. The maximum absolute atomic E-state index is 6.25. The molecule has 0 bridgehead atoms. The lowest BCUT2D eigenvalue weighted by Gasteiger charge is -2.09. The molecule has 1 atom stereocenters. The number of rotatable bonds is 5. The van der Waals surface area contributed by atoms with Crippen molar-refractivity contribution in [1.82, 2.24) is 19.6 Å². The van der Waals surface area contributed by atoms with Crippen LogP contribution in [0.3, 0.4) is 0 Å². The minimum Gasteiger partial charge on any atom is -0.323 e. The molecule has 3 aromatic rings. The van der Waals surface area contributed by atoms with Crippen molar-refractivity contribution in [2.24, 2.45) is 12.8 Å². The highest BCUT2D eigenvalue weighted by Gasteiger charge is 2.11. The van der Waals surface area contributed by atoms with Crippen molar-refractivity contribution >= 4 is 0 Å². The van der Waals surface area contributed by atoms with Crippen LogP contribution in [0.1, 0.15) is 23.9 Å². The molecule has 0 spiro atoms. The standard InChI is InChI=1S/C16H19N5/c1-20-13(9-11-18-20)7-8-15(17)16-10-12-21(19-16)14-5-3-2-4-6-14/h2-6,9-12,15H,7-8,17H2,1H3. The van der Waals surface area contributed by atoms with E-state index in [0.29, 0.717) is 0 Å². The molecule has 0 saturated carbocycles. The molecule has 0 amide bonds. The van der Waals surface area contributed by atoms with E-state index in [-0.39, 0.29) is 6.04 Å². The van der Waals surface area contributed by atoms with Gasteiger partial charge in [-0.05, 0) is 37.1 Å². The van der Waals surface area contributed by atoms with Crippen molar-refractivity contribution in [3.8, 4) is 5.69 Å². The van der Waals surface area contributed by atoms with Crippen LogP contribution in [0.2, 0.25) is 0 Å². The Hall–Kier alpha value is -2.40. The van der Waals surface area contributed by atoms with Crippen molar-refractivity contribution < 1.29 is 0 Å². The summed E-state index contributed by atoms with van der Waals surface area (Å²) in [5.74, 6) is 0. The largest absolute Gasteiger partial charge is 0.323 e. The molecule has 1 aromatic carbocycles. The van der Waals surface area contributed by atoms with Crippen LogP contribution < -0.4 is 5.73 Å². The Morgan fingerprint density at radius 2 is 1.95 bits per heavy atom. The summed E-state index contributed by atoms with van der Waals surface area (Å²) in [7, 11) is 1.95. The zero-order chi connectivity index (χ0) is 14.7. The number of hydrogen-bond donors (Lipinski definition) is 1. The van der Waals surface area contributed by atoms with Crippen molar-refractivity contribution in [2.45, 2.75) is 18.9 Å². The fourth-order valence-electron chi connectivity index (χ4n) is 2.36. The third kappa shape index (κ3) is 3.03. The molecular formula is C16H19N5. The zero-order valence-corrected chi connectivity index (χ0v) is 12.1. The Morgan fingerprint density at radius 3 is 2.67 bits per heavy atom. The van der Waals surface area contributed by atoms with E-state index < -0.39 is 0 Å². The summed E-state index contributed by atoms with van der Waals surface area (Å²) in [6.45, 7) is 0. The van der Waals surface area contributed by atoms with Gasteiger partial charge >= 0.3 is 0 Å². The van der Waals surface area contributed by atoms with Crippen LogP contribution in [0.4, 0.5) is 0 Å². The van der Waals surface area contributed by atoms with Gasteiger partial charge < -0.3 is 5.73 Å². The molecule has 1 unspecified atom stereocenters. The quantitative estimate of drug-likeness (QED) is 0.780. The number of aromatic nitrogens is 4. The number of nitrogens with two attached hydrogens (primary N) is 1. The van der Waals surface area contributed by atoms with E-state index in [9.17, 15) is 0 Å². The topological polar surface area (TPSA) is 61.7 Å². The summed E-state index contributed by atoms with van der Waals surface area (Å²) in [4.78, 5) is 0. The first kappa shape index (κ1) is 13.6. The first-order chi connectivity index (χ1) is 10.2. The van der Waals surface area contributed by atoms with Gasteiger partial charge in [-0.25, -0.2) is 4.68 Å². The fourth-order valence-corrected chi connectivity index (χ4v) is 2.36. The van der Waals surface area contributed by atoms with E-state index >= 15 is 0 Å². The molecular weight excluding hydrogens is 262 g/mol. The van der Waals surface area contributed by atoms with E-state index in [1.54, 1.807) is 0 Å². The van der Waals surface area contributed by atoms with Crippen LogP contribution in [-0.4, -0.2) is 19.6 Å². The predicted molar refractivity (Wildman–Crippen MR) is 82.0 cm³/mol. The third-order valence-electron chi connectivity index (χ3n) is 3.64. The number of aryl methyl sites for hydroxylation is 2. The molecule has 0 fully saturated rings. The second kappa shape index (κ2) is 5.93. The Kier molecular flexibility index (Phi) is 3.83. The van der Waals surface area contributed by atoms with Crippen LogP contribution in [0, 0.1) is 0 Å². The monoisotopic (exact) mass is 281 g/mol. The van der Waals surface area contributed by atoms with Gasteiger partial charge in [-0.15, -0.1) is 0 Å². The Bertz CT molecular complexity index is 698. The van der Waals surface area contributed by atoms with Crippen molar-refractivity contribution in [1.29, 1.82) is 0 Å². The van der Waals surface area contributed by atoms with Crippen LogP contribution in [0.25, 0.3) is 5.69 Å². The number of para-hydroxylation sites is 1. The Morgan fingerprint density at radius 1 is 1.14 bits per heavy atom. The summed E-state index contributed by atoms with van der Waals surface area (Å²) in [6, 6.07) is 14.0. The molecule has 2 heterocycles. The second-order valence-corrected chi connectivity index (χ2v) is 5.11. The summed E-state index contributed by atoms with van der Waals surface area (Å²) < 4.78 is 3.74. The van der Waals surface area contributed by atoms with Gasteiger partial charge in [0.15, 0.2) is 0 Å². The molecule has 108 valence electrons. The average molecular weight is 281 g/mol. The van der Waals surface area contributed by atoms with Crippen molar-refractivity contribution in [3.05, 3.63) is 66.2 Å². The molecule has 3 rings (SSSR count). The molecule has 2 aromatic heterocycles. The predicted octanol–water partition coefficient (Wildman–Crippen LogP) is 2.24. The highest BCUT2D eigenvalue weighted by Crippen LogP contribution is 2.16. The number of hydrogen-bond acceptors (Lipinski definition) is 3. The van der Waals surface area contributed by atoms with Crippen LogP contribution in [-0.2, 0) is 13.5 Å². The van der Waals surface area contributed by atoms with Crippen LogP contribution in [0.15, 0.2) is 54.9 Å². The minimum absolute atomic E-state index is 0.0649. The van der Waals surface area contributed by atoms with Crippen molar-refractivity contribution in [3.63, 3.8) is 0 Å². The normalized spacial score (nSPS) is 12.5. The molecule has 2 N–H and O–H groups in total. The number of nitrogens with zero attached hydrogens (tertiary/aromatic N) is 4. The van der Waals surface area contributed by atoms with Crippen molar-refractivity contribution in [2.75, 3.05) is 0 Å². The highest BCUT2D eigenvalue weighted by atomic mass is 15.3. The third-order valence-corrected chi connectivity index (χ3v) is 3.64. The SMILES string of the molecule is Cn1nccc1CCC(N)c1ccn(-c2ccccc2)n1. The van der Waals surface area contributed by atoms with E-state index in [2.05, 4.69) is 10.2 Å². The van der Waals surface area contributed by atoms with Gasteiger partial charge in [0, 0.05) is 31.2 Å². The molecule has 0 radical (unpaired) electrons. The lowest BCUT2D eigenvalue weighted by molar-refractivity contribution is 0.596. The smallest absolute Gasteiger partial charge is 0.0796 e. The average Bonchev–Trinajstić information content (AvgIpc) is 3.15. The molecule has 0 aliphatic carbocycles. The lowest BCUT2D eigenvalue weighted by Crippen LogP contribution is -2.13. The summed E-state index contributed by atoms with van der Waals surface area (Å²) in [5.41, 5.74) is 9.40. The molecule has 21 heavy (non-hydrogen) atoms. The first-order valence-electron chi connectivity index (χ1n) is 7.07. The van der Waals surface area contributed by atoms with Gasteiger partial charge in [0.2, 0.25) is 0 Å². The van der Waals surface area contributed by atoms with Gasteiger partial charge in [0.1, 0.15) is 0 Å². The molecule has 5 heteroatoms. The van der Waals surface area contributed by atoms with E-state index in [0.717, 1.165) is 24.2 Å². The van der Waals surface area contributed by atoms with Crippen LogP contribution in [0.5, 0.6) is 0 Å². The number of benzene rings is 1. The second-order valence-electron chi connectivity index (χ2n) is 5.11. The lowest BCUT2D eigenvalue weighted by atomic mass is 10.1. The summed E-state index contributed by atoms with van der Waals surface area (Å²) in [6.07, 6.45) is 5.51. The van der Waals surface area contributed by atoms with E-state index in [1.807, 2.05) is 71.3 Å². The minimum atomic E-state index is -0.0649. The fraction of sp³-hybridized carbons (Fsp3) is 0.250. The van der Waals surface area contributed by atoms with Crippen LogP contribution >= 0.6 is 0 Å². The molecule has 0 saturated heterocycles. The van der Waals surface area contributed by atoms with E-state index in [4.69, 9.17) is 5.73 Å². The first-order valence-corrected chi connectivity index (χ1v) is 7.07. The van der Waals surface area contributed by atoms with Gasteiger partial charge in [-0.2, -0.15) is 10.2 Å². The Labute approximate surface area is 124 Å². The maximum atomic E-state index is 6.25. The Balaban J connectivity index is 1.67. The van der Waals surface area contributed by atoms with Gasteiger partial charge in [0.05, 0.1) is 11.4 Å². The summed E-state index contributed by atoms with van der Waals surface area (Å²) >= 11 is 0.